The average molecular weight is 242 g/mol. The van der Waals surface area contributed by atoms with E-state index in [9.17, 15) is 9.59 Å². The van der Waals surface area contributed by atoms with E-state index in [4.69, 9.17) is 5.11 Å². The predicted octanol–water partition coefficient (Wildman–Crippen LogP) is 0.839. The molecule has 1 fully saturated rings. The highest BCUT2D eigenvalue weighted by Gasteiger charge is 2.31. The number of nitrogens with one attached hydrogen (secondary N) is 1. The lowest BCUT2D eigenvalue weighted by molar-refractivity contribution is -0.137. The lowest BCUT2D eigenvalue weighted by Crippen LogP contribution is -2.48. The Bertz CT molecular complexity index is 291. The smallest absolute Gasteiger partial charge is 0.303 e. The summed E-state index contributed by atoms with van der Waals surface area (Å²) in [5.41, 5.74) is 0. The molecule has 1 rings (SSSR count). The summed E-state index contributed by atoms with van der Waals surface area (Å²) in [6.07, 6.45) is 1.33. The maximum Gasteiger partial charge on any atom is 0.303 e. The zero-order valence-electron chi connectivity index (χ0n) is 10.8. The van der Waals surface area contributed by atoms with Crippen molar-refractivity contribution in [3.63, 3.8) is 0 Å². The molecule has 98 valence electrons. The minimum atomic E-state index is -0.848. The van der Waals surface area contributed by atoms with Crippen molar-refractivity contribution in [3.8, 4) is 0 Å². The van der Waals surface area contributed by atoms with Crippen molar-refractivity contribution in [2.24, 2.45) is 0 Å². The van der Waals surface area contributed by atoms with Crippen LogP contribution < -0.4 is 5.32 Å². The molecule has 17 heavy (non-hydrogen) atoms. The van der Waals surface area contributed by atoms with Gasteiger partial charge in [-0.2, -0.15) is 0 Å². The van der Waals surface area contributed by atoms with Crippen LogP contribution in [0.25, 0.3) is 0 Å². The van der Waals surface area contributed by atoms with Gasteiger partial charge in [0.1, 0.15) is 0 Å². The van der Waals surface area contributed by atoms with Crippen LogP contribution in [-0.4, -0.2) is 46.6 Å². The molecule has 5 heteroatoms. The van der Waals surface area contributed by atoms with Gasteiger partial charge in [-0.25, -0.2) is 0 Å². The van der Waals surface area contributed by atoms with Gasteiger partial charge in [-0.05, 0) is 33.6 Å². The molecule has 1 saturated heterocycles. The summed E-state index contributed by atoms with van der Waals surface area (Å²) in [6.45, 7) is 6.89. The number of aliphatic carboxylic acids is 1. The van der Waals surface area contributed by atoms with Crippen molar-refractivity contribution in [3.05, 3.63) is 0 Å². The molecule has 2 atom stereocenters. The molecule has 0 aromatic heterocycles. The van der Waals surface area contributed by atoms with Gasteiger partial charge in [-0.1, -0.05) is 0 Å². The van der Waals surface area contributed by atoms with Gasteiger partial charge in [0.15, 0.2) is 0 Å². The second kappa shape index (κ2) is 6.00. The summed E-state index contributed by atoms with van der Waals surface area (Å²) in [5.74, 6) is -0.885. The average Bonchev–Trinajstić information content (AvgIpc) is 2.34. The highest BCUT2D eigenvalue weighted by Crippen LogP contribution is 2.16. The minimum absolute atomic E-state index is 0.0371. The normalized spacial score (nSPS) is 26.7. The molecular formula is C12H22N2O3. The van der Waals surface area contributed by atoms with Gasteiger partial charge in [-0.3, -0.25) is 14.5 Å². The Balaban J connectivity index is 2.75. The Morgan fingerprint density at radius 3 is 2.76 bits per heavy atom. The summed E-state index contributed by atoms with van der Waals surface area (Å²) in [7, 11) is 0. The number of carbonyl (C=O) groups excluding carboxylic acids is 1. The number of rotatable bonds is 4. The minimum Gasteiger partial charge on any atom is -0.481 e. The zero-order chi connectivity index (χ0) is 13.0. The maximum atomic E-state index is 12.0. The molecule has 1 aliphatic rings. The van der Waals surface area contributed by atoms with Crippen LogP contribution in [0.1, 0.15) is 40.0 Å². The number of nitrogens with zero attached hydrogens (tertiary/aromatic N) is 1. The molecule has 0 aliphatic carbocycles. The Morgan fingerprint density at radius 2 is 2.24 bits per heavy atom. The summed E-state index contributed by atoms with van der Waals surface area (Å²) < 4.78 is 0. The van der Waals surface area contributed by atoms with Gasteiger partial charge in [0.25, 0.3) is 0 Å². The fourth-order valence-electron chi connectivity index (χ4n) is 2.24. The van der Waals surface area contributed by atoms with Gasteiger partial charge in [0, 0.05) is 25.0 Å². The molecular weight excluding hydrogens is 220 g/mol. The first-order chi connectivity index (χ1) is 7.91. The molecule has 1 amide bonds. The summed E-state index contributed by atoms with van der Waals surface area (Å²) in [6, 6.07) is 0.111. The van der Waals surface area contributed by atoms with E-state index >= 15 is 0 Å². The molecule has 0 aromatic rings. The predicted molar refractivity (Wildman–Crippen MR) is 64.7 cm³/mol. The van der Waals surface area contributed by atoms with Gasteiger partial charge < -0.3 is 10.4 Å². The molecule has 1 aliphatic heterocycles. The van der Waals surface area contributed by atoms with Crippen LogP contribution in [0, 0.1) is 0 Å². The quantitative estimate of drug-likeness (QED) is 0.766. The van der Waals surface area contributed by atoms with Crippen molar-refractivity contribution in [2.45, 2.75) is 58.2 Å². The number of hydrogen-bond donors (Lipinski definition) is 2. The second-order valence-corrected chi connectivity index (χ2v) is 4.98. The van der Waals surface area contributed by atoms with Crippen LogP contribution in [0.5, 0.6) is 0 Å². The van der Waals surface area contributed by atoms with E-state index in [1.165, 1.54) is 0 Å². The fraction of sp³-hybridized carbons (Fsp3) is 0.833. The van der Waals surface area contributed by atoms with Crippen molar-refractivity contribution in [1.82, 2.24) is 10.2 Å². The van der Waals surface area contributed by atoms with Crippen LogP contribution in [0.15, 0.2) is 0 Å². The van der Waals surface area contributed by atoms with E-state index < -0.39 is 5.97 Å². The topological polar surface area (TPSA) is 69.6 Å². The first-order valence-corrected chi connectivity index (χ1v) is 6.19. The number of amides is 1. The van der Waals surface area contributed by atoms with Crippen LogP contribution in [0.2, 0.25) is 0 Å². The van der Waals surface area contributed by atoms with Gasteiger partial charge >= 0.3 is 5.97 Å². The lowest BCUT2D eigenvalue weighted by atomic mass is 10.1. The number of carboxylic acid groups (broad SMARTS) is 1. The van der Waals surface area contributed by atoms with E-state index in [-0.39, 0.29) is 30.5 Å². The molecule has 2 N–H and O–H groups in total. The van der Waals surface area contributed by atoms with Gasteiger partial charge in [0.2, 0.25) is 5.91 Å². The van der Waals surface area contributed by atoms with Crippen molar-refractivity contribution < 1.29 is 14.7 Å². The highest BCUT2D eigenvalue weighted by molar-refractivity contribution is 5.83. The molecule has 0 bridgehead atoms. The van der Waals surface area contributed by atoms with E-state index in [1.807, 2.05) is 20.8 Å². The Morgan fingerprint density at radius 1 is 1.59 bits per heavy atom. The molecule has 2 unspecified atom stereocenters. The molecule has 1 heterocycles. The summed E-state index contributed by atoms with van der Waals surface area (Å²) in [4.78, 5) is 24.7. The third-order valence-corrected chi connectivity index (χ3v) is 3.21. The highest BCUT2D eigenvalue weighted by atomic mass is 16.4. The summed E-state index contributed by atoms with van der Waals surface area (Å²) >= 11 is 0. The van der Waals surface area contributed by atoms with E-state index in [1.54, 1.807) is 0 Å². The number of carbonyl (C=O) groups is 2. The van der Waals surface area contributed by atoms with E-state index in [0.717, 1.165) is 13.0 Å². The number of carboxylic acids is 1. The fourth-order valence-corrected chi connectivity index (χ4v) is 2.24. The summed E-state index contributed by atoms with van der Waals surface area (Å²) in [5, 5.41) is 11.7. The Labute approximate surface area is 102 Å². The molecule has 0 radical (unpaired) electrons. The molecule has 0 aromatic carbocycles. The molecule has 5 nitrogen and oxygen atoms in total. The van der Waals surface area contributed by atoms with Crippen molar-refractivity contribution in [1.29, 1.82) is 0 Å². The standard InChI is InChI=1S/C12H22N2O3/c1-8(2)14-7-6-9(3)13-12(17)10(14)4-5-11(15)16/h8-10H,4-7H2,1-3H3,(H,13,17)(H,15,16). The lowest BCUT2D eigenvalue weighted by Gasteiger charge is -2.31. The van der Waals surface area contributed by atoms with Crippen molar-refractivity contribution in [2.75, 3.05) is 6.54 Å². The van der Waals surface area contributed by atoms with Crippen LogP contribution in [0.4, 0.5) is 0 Å². The van der Waals surface area contributed by atoms with Gasteiger partial charge in [0.05, 0.1) is 6.04 Å². The molecule has 0 saturated carbocycles. The van der Waals surface area contributed by atoms with E-state index in [0.29, 0.717) is 6.42 Å². The Kier molecular flexibility index (Phi) is 4.93. The largest absolute Gasteiger partial charge is 0.481 e. The second-order valence-electron chi connectivity index (χ2n) is 4.98. The van der Waals surface area contributed by atoms with Crippen LogP contribution >= 0.6 is 0 Å². The maximum absolute atomic E-state index is 12.0. The van der Waals surface area contributed by atoms with Gasteiger partial charge in [-0.15, -0.1) is 0 Å². The van der Waals surface area contributed by atoms with Crippen LogP contribution in [-0.2, 0) is 9.59 Å². The monoisotopic (exact) mass is 242 g/mol. The Hall–Kier alpha value is -1.10. The molecule has 0 spiro atoms. The zero-order valence-corrected chi connectivity index (χ0v) is 10.8. The third kappa shape index (κ3) is 4.00. The van der Waals surface area contributed by atoms with Crippen molar-refractivity contribution >= 4 is 11.9 Å². The first-order valence-electron chi connectivity index (χ1n) is 6.19. The van der Waals surface area contributed by atoms with Crippen LogP contribution in [0.3, 0.4) is 0 Å². The number of hydrogen-bond acceptors (Lipinski definition) is 3. The van der Waals surface area contributed by atoms with E-state index in [2.05, 4.69) is 10.2 Å². The SMILES string of the molecule is CC1CCN(C(C)C)C(CCC(=O)O)C(=O)N1. The first kappa shape index (κ1) is 14.0. The third-order valence-electron chi connectivity index (χ3n) is 3.21.